The number of phenols is 1. The molecule has 0 atom stereocenters. The molecule has 0 saturated carbocycles. The molecular weight excluding hydrogens is 212 g/mol. The van der Waals surface area contributed by atoms with Gasteiger partial charge in [0.25, 0.3) is 0 Å². The van der Waals surface area contributed by atoms with E-state index in [2.05, 4.69) is 0 Å². The molecule has 0 bridgehead atoms. The number of aryl methyl sites for hydroxylation is 1. The topological polar surface area (TPSA) is 40.5 Å². The van der Waals surface area contributed by atoms with Gasteiger partial charge in [0.2, 0.25) is 0 Å². The molecule has 1 aromatic carbocycles. The standard InChI is InChI=1S/C15H14O2/c1-11-6-8-13(15(17)10-11)14(16)9-7-12-4-2-3-5-12/h2-10,16-17H,1H3/b14-9-. The van der Waals surface area contributed by atoms with E-state index in [0.29, 0.717) is 5.56 Å². The molecule has 17 heavy (non-hydrogen) atoms. The second-order valence-corrected chi connectivity index (χ2v) is 3.96. The molecule has 0 spiro atoms. The summed E-state index contributed by atoms with van der Waals surface area (Å²) in [6, 6.07) is 5.18. The van der Waals surface area contributed by atoms with Crippen LogP contribution in [0, 0.1) is 6.92 Å². The average molecular weight is 226 g/mol. The van der Waals surface area contributed by atoms with Crippen LogP contribution < -0.4 is 0 Å². The van der Waals surface area contributed by atoms with Gasteiger partial charge in [-0.15, -0.1) is 0 Å². The van der Waals surface area contributed by atoms with Gasteiger partial charge in [-0.25, -0.2) is 0 Å². The highest BCUT2D eigenvalue weighted by Gasteiger charge is 2.04. The third kappa shape index (κ3) is 2.67. The van der Waals surface area contributed by atoms with Crippen molar-refractivity contribution in [2.45, 2.75) is 6.92 Å². The molecule has 2 rings (SSSR count). The van der Waals surface area contributed by atoms with Gasteiger partial charge in [-0.2, -0.15) is 0 Å². The number of aromatic hydroxyl groups is 1. The molecule has 1 aliphatic carbocycles. The van der Waals surface area contributed by atoms with Crippen molar-refractivity contribution in [2.24, 2.45) is 0 Å². The van der Waals surface area contributed by atoms with E-state index in [1.54, 1.807) is 24.3 Å². The molecule has 0 aromatic heterocycles. The molecule has 86 valence electrons. The van der Waals surface area contributed by atoms with Crippen molar-refractivity contribution in [3.63, 3.8) is 0 Å². The van der Waals surface area contributed by atoms with Crippen molar-refractivity contribution in [1.82, 2.24) is 0 Å². The Balaban J connectivity index is 2.27. The summed E-state index contributed by atoms with van der Waals surface area (Å²) in [5, 5.41) is 19.6. The van der Waals surface area contributed by atoms with Crippen molar-refractivity contribution < 1.29 is 10.2 Å². The Morgan fingerprint density at radius 1 is 1.18 bits per heavy atom. The molecule has 0 aliphatic heterocycles. The summed E-state index contributed by atoms with van der Waals surface area (Å²) in [5.41, 5.74) is 2.42. The Labute approximate surface area is 101 Å². The minimum atomic E-state index is 0.0590. The van der Waals surface area contributed by atoms with E-state index in [-0.39, 0.29) is 11.5 Å². The first kappa shape index (κ1) is 11.3. The fourth-order valence-corrected chi connectivity index (χ4v) is 1.62. The number of phenolic OH excluding ortho intramolecular Hbond substituents is 1. The molecule has 0 amide bonds. The Bertz CT molecular complexity index is 532. The third-order valence-corrected chi connectivity index (χ3v) is 2.55. The van der Waals surface area contributed by atoms with Crippen LogP contribution in [0.25, 0.3) is 5.76 Å². The highest BCUT2D eigenvalue weighted by molar-refractivity contribution is 5.66. The van der Waals surface area contributed by atoms with Crippen LogP contribution >= 0.6 is 0 Å². The number of hydrogen-bond donors (Lipinski definition) is 2. The molecule has 0 radical (unpaired) electrons. The van der Waals surface area contributed by atoms with Gasteiger partial charge in [0.1, 0.15) is 11.5 Å². The first-order valence-electron chi connectivity index (χ1n) is 5.42. The lowest BCUT2D eigenvalue weighted by atomic mass is 10.1. The highest BCUT2D eigenvalue weighted by Crippen LogP contribution is 2.24. The van der Waals surface area contributed by atoms with Crippen LogP contribution in [0.2, 0.25) is 0 Å². The predicted molar refractivity (Wildman–Crippen MR) is 69.8 cm³/mol. The maximum Gasteiger partial charge on any atom is 0.126 e. The second-order valence-electron chi connectivity index (χ2n) is 3.96. The summed E-state index contributed by atoms with van der Waals surface area (Å²) < 4.78 is 0. The number of aliphatic hydroxyl groups excluding tert-OH is 1. The number of rotatable bonds is 2. The van der Waals surface area contributed by atoms with Crippen molar-refractivity contribution >= 4 is 5.76 Å². The van der Waals surface area contributed by atoms with Gasteiger partial charge < -0.3 is 10.2 Å². The summed E-state index contributed by atoms with van der Waals surface area (Å²) in [4.78, 5) is 0. The quantitative estimate of drug-likeness (QED) is 0.755. The third-order valence-electron chi connectivity index (χ3n) is 2.55. The maximum atomic E-state index is 9.86. The molecule has 1 aliphatic rings. The fraction of sp³-hybridized carbons (Fsp3) is 0.0667. The monoisotopic (exact) mass is 226 g/mol. The van der Waals surface area contributed by atoms with Gasteiger partial charge in [-0.1, -0.05) is 36.4 Å². The van der Waals surface area contributed by atoms with E-state index in [9.17, 15) is 10.2 Å². The Hall–Kier alpha value is -2.22. The molecule has 0 unspecified atom stereocenters. The van der Waals surface area contributed by atoms with Gasteiger partial charge >= 0.3 is 0 Å². The maximum absolute atomic E-state index is 9.86. The van der Waals surface area contributed by atoms with Gasteiger partial charge in [-0.3, -0.25) is 0 Å². The zero-order chi connectivity index (χ0) is 12.3. The van der Waals surface area contributed by atoms with Crippen molar-refractivity contribution in [1.29, 1.82) is 0 Å². The first-order chi connectivity index (χ1) is 8.16. The van der Waals surface area contributed by atoms with Gasteiger partial charge in [0.15, 0.2) is 0 Å². The zero-order valence-electron chi connectivity index (χ0n) is 9.59. The first-order valence-corrected chi connectivity index (χ1v) is 5.42. The van der Waals surface area contributed by atoms with Crippen LogP contribution in [0.3, 0.4) is 0 Å². The minimum Gasteiger partial charge on any atom is -0.507 e. The van der Waals surface area contributed by atoms with E-state index in [1.165, 1.54) is 0 Å². The Morgan fingerprint density at radius 2 is 1.88 bits per heavy atom. The van der Waals surface area contributed by atoms with E-state index in [0.717, 1.165) is 11.1 Å². The lowest BCUT2D eigenvalue weighted by Gasteiger charge is -2.03. The molecule has 2 N–H and O–H groups in total. The number of aliphatic hydroxyl groups is 1. The van der Waals surface area contributed by atoms with Crippen LogP contribution in [0.1, 0.15) is 11.1 Å². The number of hydrogen-bond acceptors (Lipinski definition) is 2. The molecule has 2 nitrogen and oxygen atoms in total. The summed E-state index contributed by atoms with van der Waals surface area (Å²) in [5.74, 6) is 0.151. The lowest BCUT2D eigenvalue weighted by molar-refractivity contribution is 0.460. The molecular formula is C15H14O2. The van der Waals surface area contributed by atoms with Crippen molar-refractivity contribution in [3.8, 4) is 5.75 Å². The van der Waals surface area contributed by atoms with Crippen LogP contribution in [-0.4, -0.2) is 10.2 Å². The fourth-order valence-electron chi connectivity index (χ4n) is 1.62. The highest BCUT2D eigenvalue weighted by atomic mass is 16.3. The SMILES string of the molecule is Cc1ccc(/C(O)=C/C=C2C=CC=C2)c(O)c1. The van der Waals surface area contributed by atoms with Crippen LogP contribution in [-0.2, 0) is 0 Å². The number of benzene rings is 1. The molecule has 0 saturated heterocycles. The Morgan fingerprint density at radius 3 is 2.53 bits per heavy atom. The largest absolute Gasteiger partial charge is 0.507 e. The normalized spacial score (nSPS) is 14.4. The average Bonchev–Trinajstić information content (AvgIpc) is 2.78. The van der Waals surface area contributed by atoms with Crippen LogP contribution in [0.5, 0.6) is 5.75 Å². The summed E-state index contributed by atoms with van der Waals surface area (Å²) >= 11 is 0. The van der Waals surface area contributed by atoms with E-state index < -0.39 is 0 Å². The molecule has 0 heterocycles. The van der Waals surface area contributed by atoms with Crippen LogP contribution in [0.4, 0.5) is 0 Å². The van der Waals surface area contributed by atoms with Gasteiger partial charge in [0.05, 0.1) is 5.56 Å². The van der Waals surface area contributed by atoms with E-state index >= 15 is 0 Å². The molecule has 2 heteroatoms. The lowest BCUT2D eigenvalue weighted by Crippen LogP contribution is -1.84. The van der Waals surface area contributed by atoms with E-state index in [1.807, 2.05) is 37.3 Å². The number of allylic oxidation sites excluding steroid dienone is 7. The molecule has 0 fully saturated rings. The Kier molecular flexibility index (Phi) is 3.15. The van der Waals surface area contributed by atoms with Gasteiger partial charge in [0, 0.05) is 0 Å². The molecule has 1 aromatic rings. The van der Waals surface area contributed by atoms with Crippen LogP contribution in [0.15, 0.2) is 60.2 Å². The summed E-state index contributed by atoms with van der Waals surface area (Å²) in [6.45, 7) is 1.89. The summed E-state index contributed by atoms with van der Waals surface area (Å²) in [6.07, 6.45) is 11.1. The predicted octanol–water partition coefficient (Wildman–Crippen LogP) is 3.65. The smallest absolute Gasteiger partial charge is 0.126 e. The minimum absolute atomic E-state index is 0.0590. The van der Waals surface area contributed by atoms with Crippen molar-refractivity contribution in [3.05, 3.63) is 71.4 Å². The van der Waals surface area contributed by atoms with E-state index in [4.69, 9.17) is 0 Å². The van der Waals surface area contributed by atoms with Gasteiger partial charge in [-0.05, 0) is 36.3 Å². The van der Waals surface area contributed by atoms with Crippen molar-refractivity contribution in [2.75, 3.05) is 0 Å². The zero-order valence-corrected chi connectivity index (χ0v) is 9.59. The summed E-state index contributed by atoms with van der Waals surface area (Å²) in [7, 11) is 0. The second kappa shape index (κ2) is 4.74.